The molecule has 1 fully saturated rings. The Bertz CT molecular complexity index is 696. The van der Waals surface area contributed by atoms with Gasteiger partial charge in [0.25, 0.3) is 5.91 Å². The number of hydrogen-bond acceptors (Lipinski definition) is 5. The van der Waals surface area contributed by atoms with Gasteiger partial charge in [0.15, 0.2) is 21.7 Å². The molecule has 0 aromatic heterocycles. The number of Topliss-reactive ketones (excluding diaryl/α,β-unsaturated/α-hetero) is 1. The summed E-state index contributed by atoms with van der Waals surface area (Å²) >= 11 is 0. The summed E-state index contributed by atoms with van der Waals surface area (Å²) in [7, 11) is -1.43. The van der Waals surface area contributed by atoms with Crippen LogP contribution in [0.3, 0.4) is 0 Å². The van der Waals surface area contributed by atoms with Crippen LogP contribution in [0.15, 0.2) is 24.3 Å². The van der Waals surface area contributed by atoms with Gasteiger partial charge in [0.05, 0.1) is 11.5 Å². The van der Waals surface area contributed by atoms with E-state index >= 15 is 0 Å². The number of carbonyl (C=O) groups is 2. The van der Waals surface area contributed by atoms with Crippen LogP contribution in [0.2, 0.25) is 0 Å². The summed E-state index contributed by atoms with van der Waals surface area (Å²) < 4.78 is 28.6. The van der Waals surface area contributed by atoms with Crippen LogP contribution >= 0.6 is 0 Å². The lowest BCUT2D eigenvalue weighted by atomic mass is 10.1. The second-order valence-corrected chi connectivity index (χ2v) is 8.08. The molecule has 2 atom stereocenters. The van der Waals surface area contributed by atoms with Crippen LogP contribution < -0.4 is 4.74 Å². The van der Waals surface area contributed by atoms with E-state index in [1.54, 1.807) is 38.2 Å². The molecule has 0 saturated carbocycles. The van der Waals surface area contributed by atoms with Crippen LogP contribution in [-0.2, 0) is 14.6 Å². The van der Waals surface area contributed by atoms with E-state index in [0.29, 0.717) is 17.7 Å². The third kappa shape index (κ3) is 4.31. The van der Waals surface area contributed by atoms with Crippen LogP contribution in [0.1, 0.15) is 30.6 Å². The molecular formula is C16H21NO5S. The van der Waals surface area contributed by atoms with Gasteiger partial charge in [-0.05, 0) is 44.5 Å². The van der Waals surface area contributed by atoms with Gasteiger partial charge in [0.1, 0.15) is 5.75 Å². The van der Waals surface area contributed by atoms with Crippen molar-refractivity contribution in [1.82, 2.24) is 4.90 Å². The highest BCUT2D eigenvalue weighted by atomic mass is 32.2. The number of amides is 1. The summed E-state index contributed by atoms with van der Waals surface area (Å²) in [5.74, 6) is 0.320. The normalized spacial score (nSPS) is 20.7. The van der Waals surface area contributed by atoms with Gasteiger partial charge < -0.3 is 9.64 Å². The first-order valence-corrected chi connectivity index (χ1v) is 9.26. The average Bonchev–Trinajstić information content (AvgIpc) is 2.86. The molecule has 0 spiro atoms. The summed E-state index contributed by atoms with van der Waals surface area (Å²) in [5.41, 5.74) is 0.574. The smallest absolute Gasteiger partial charge is 0.263 e. The topological polar surface area (TPSA) is 80.8 Å². The maximum Gasteiger partial charge on any atom is 0.263 e. The van der Waals surface area contributed by atoms with Crippen LogP contribution in [0, 0.1) is 0 Å². The third-order valence-corrected chi connectivity index (χ3v) is 5.78. The highest BCUT2D eigenvalue weighted by Gasteiger charge is 2.34. The Morgan fingerprint density at radius 2 is 1.87 bits per heavy atom. The minimum Gasteiger partial charge on any atom is -0.481 e. The average molecular weight is 339 g/mol. The molecule has 23 heavy (non-hydrogen) atoms. The summed E-state index contributed by atoms with van der Waals surface area (Å²) in [5, 5.41) is 0. The highest BCUT2D eigenvalue weighted by molar-refractivity contribution is 7.91. The van der Waals surface area contributed by atoms with E-state index in [4.69, 9.17) is 4.74 Å². The Hall–Kier alpha value is -1.89. The Morgan fingerprint density at radius 1 is 1.26 bits per heavy atom. The quantitative estimate of drug-likeness (QED) is 0.756. The van der Waals surface area contributed by atoms with Gasteiger partial charge in [-0.3, -0.25) is 9.59 Å². The molecule has 1 amide bonds. The van der Waals surface area contributed by atoms with Gasteiger partial charge in [-0.25, -0.2) is 8.42 Å². The van der Waals surface area contributed by atoms with Crippen LogP contribution in [-0.4, -0.2) is 55.7 Å². The number of sulfone groups is 1. The van der Waals surface area contributed by atoms with E-state index < -0.39 is 15.9 Å². The zero-order valence-corrected chi connectivity index (χ0v) is 14.3. The van der Waals surface area contributed by atoms with E-state index in [9.17, 15) is 18.0 Å². The van der Waals surface area contributed by atoms with Gasteiger partial charge in [-0.1, -0.05) is 0 Å². The molecular weight excluding hydrogens is 318 g/mol. The number of hydrogen-bond donors (Lipinski definition) is 0. The fraction of sp³-hybridized carbons (Fsp3) is 0.500. The van der Waals surface area contributed by atoms with E-state index in [1.807, 2.05) is 0 Å². The summed E-state index contributed by atoms with van der Waals surface area (Å²) in [6.45, 7) is 3.10. The molecule has 0 N–H and O–H groups in total. The lowest BCUT2D eigenvalue weighted by Crippen LogP contribution is -2.44. The maximum atomic E-state index is 12.4. The van der Waals surface area contributed by atoms with Gasteiger partial charge in [0, 0.05) is 18.7 Å². The molecule has 126 valence electrons. The van der Waals surface area contributed by atoms with Crippen LogP contribution in [0.4, 0.5) is 0 Å². The van der Waals surface area contributed by atoms with Gasteiger partial charge in [-0.15, -0.1) is 0 Å². The fourth-order valence-corrected chi connectivity index (χ4v) is 4.34. The number of rotatable bonds is 5. The molecule has 1 aromatic rings. The number of ether oxygens (including phenoxy) is 1. The molecule has 1 heterocycles. The van der Waals surface area contributed by atoms with Gasteiger partial charge in [0.2, 0.25) is 0 Å². The van der Waals surface area contributed by atoms with Crippen LogP contribution in [0.25, 0.3) is 0 Å². The van der Waals surface area contributed by atoms with E-state index in [0.717, 1.165) is 0 Å². The Kier molecular flexibility index (Phi) is 5.09. The monoisotopic (exact) mass is 339 g/mol. The molecule has 0 unspecified atom stereocenters. The van der Waals surface area contributed by atoms with Crippen molar-refractivity contribution in [2.45, 2.75) is 32.4 Å². The largest absolute Gasteiger partial charge is 0.481 e. The zero-order valence-electron chi connectivity index (χ0n) is 13.5. The zero-order chi connectivity index (χ0) is 17.2. The van der Waals surface area contributed by atoms with Crippen molar-refractivity contribution in [2.75, 3.05) is 18.6 Å². The Morgan fingerprint density at radius 3 is 2.35 bits per heavy atom. The lowest BCUT2D eigenvalue weighted by molar-refractivity contribution is -0.138. The van der Waals surface area contributed by atoms with Gasteiger partial charge >= 0.3 is 0 Å². The molecule has 1 aromatic carbocycles. The van der Waals surface area contributed by atoms with Gasteiger partial charge in [-0.2, -0.15) is 0 Å². The first-order valence-electron chi connectivity index (χ1n) is 7.44. The Balaban J connectivity index is 1.98. The second-order valence-electron chi connectivity index (χ2n) is 5.85. The number of benzene rings is 1. The van der Waals surface area contributed by atoms with E-state index in [-0.39, 0.29) is 29.2 Å². The predicted octanol–water partition coefficient (Wildman–Crippen LogP) is 1.30. The van der Waals surface area contributed by atoms with Crippen molar-refractivity contribution in [3.05, 3.63) is 29.8 Å². The van der Waals surface area contributed by atoms with E-state index in [1.165, 1.54) is 11.8 Å². The molecule has 6 nitrogen and oxygen atoms in total. The standard InChI is InChI=1S/C16H21NO5S/c1-11(18)13-4-6-15(7-5-13)22-12(2)16(19)17(3)14-8-9-23(20,21)10-14/h4-7,12,14H,8-10H2,1-3H3/t12-,14-/m0/s1. The van der Waals surface area contributed by atoms with Crippen molar-refractivity contribution in [2.24, 2.45) is 0 Å². The van der Waals surface area contributed by atoms with E-state index in [2.05, 4.69) is 0 Å². The molecule has 7 heteroatoms. The minimum absolute atomic E-state index is 0.00919. The van der Waals surface area contributed by atoms with Crippen LogP contribution in [0.5, 0.6) is 5.75 Å². The SMILES string of the molecule is CC(=O)c1ccc(O[C@@H](C)C(=O)N(C)[C@H]2CCS(=O)(=O)C2)cc1. The predicted molar refractivity (Wildman–Crippen MR) is 86.4 cm³/mol. The molecule has 0 radical (unpaired) electrons. The maximum absolute atomic E-state index is 12.4. The van der Waals surface area contributed by atoms with Crippen molar-refractivity contribution in [1.29, 1.82) is 0 Å². The summed E-state index contributed by atoms with van der Waals surface area (Å²) in [6.07, 6.45) is -0.267. The Labute approximate surface area is 136 Å². The first kappa shape index (κ1) is 17.5. The number of carbonyl (C=O) groups excluding carboxylic acids is 2. The molecule has 1 aliphatic rings. The summed E-state index contributed by atoms with van der Waals surface area (Å²) in [4.78, 5) is 25.1. The second kappa shape index (κ2) is 6.70. The third-order valence-electron chi connectivity index (χ3n) is 4.03. The fourth-order valence-electron chi connectivity index (χ4n) is 2.57. The molecule has 1 saturated heterocycles. The first-order chi connectivity index (χ1) is 10.7. The molecule has 2 rings (SSSR count). The van der Waals surface area contributed by atoms with Crippen molar-refractivity contribution < 1.29 is 22.7 Å². The number of nitrogens with zero attached hydrogens (tertiary/aromatic N) is 1. The minimum atomic E-state index is -3.04. The molecule has 0 bridgehead atoms. The molecule has 1 aliphatic heterocycles. The highest BCUT2D eigenvalue weighted by Crippen LogP contribution is 2.19. The van der Waals surface area contributed by atoms with Crippen molar-refractivity contribution >= 4 is 21.5 Å². The number of likely N-dealkylation sites (N-methyl/N-ethyl adjacent to an activating group) is 1. The number of ketones is 1. The van der Waals surface area contributed by atoms with Crippen molar-refractivity contribution in [3.63, 3.8) is 0 Å². The lowest BCUT2D eigenvalue weighted by Gasteiger charge is -2.26. The summed E-state index contributed by atoms with van der Waals surface area (Å²) in [6, 6.07) is 6.27. The van der Waals surface area contributed by atoms with Crippen molar-refractivity contribution in [3.8, 4) is 5.75 Å². The molecule has 0 aliphatic carbocycles.